The standard InChI is InChI=1S/C19H28O2/c1-18-9-7-13(20)11-12(18)3-4-14-15-5-6-17(21)19(15,2)10-8-16(14)18/h11,14-17,21H,3-10H2,1-2H3/p+1. The van der Waals surface area contributed by atoms with Gasteiger partial charge >= 0.3 is 0 Å². The molecule has 0 radical (unpaired) electrons. The van der Waals surface area contributed by atoms with Crippen molar-refractivity contribution in [2.45, 2.75) is 71.3 Å². The van der Waals surface area contributed by atoms with E-state index in [-0.39, 0.29) is 16.9 Å². The van der Waals surface area contributed by atoms with E-state index in [2.05, 4.69) is 13.8 Å². The molecule has 0 aromatic carbocycles. The van der Waals surface area contributed by atoms with Gasteiger partial charge in [-0.3, -0.25) is 4.79 Å². The van der Waals surface area contributed by atoms with Gasteiger partial charge in [0.15, 0.2) is 11.9 Å². The highest BCUT2D eigenvalue weighted by atomic mass is 16.3. The molecule has 4 aliphatic rings. The van der Waals surface area contributed by atoms with E-state index >= 15 is 0 Å². The van der Waals surface area contributed by atoms with Crippen LogP contribution in [0.25, 0.3) is 0 Å². The van der Waals surface area contributed by atoms with Gasteiger partial charge in [-0.2, -0.15) is 0 Å². The number of hydrogen-bond acceptors (Lipinski definition) is 1. The highest BCUT2D eigenvalue weighted by molar-refractivity contribution is 5.91. The molecule has 0 aromatic rings. The lowest BCUT2D eigenvalue weighted by Gasteiger charge is -2.57. The molecular weight excluding hydrogens is 260 g/mol. The minimum absolute atomic E-state index is 0.168. The fourth-order valence-corrected chi connectivity index (χ4v) is 6.56. The summed E-state index contributed by atoms with van der Waals surface area (Å²) in [6.45, 7) is 4.84. The van der Waals surface area contributed by atoms with E-state index in [1.807, 2.05) is 6.08 Å². The van der Waals surface area contributed by atoms with E-state index < -0.39 is 0 Å². The maximum absolute atomic E-state index is 11.8. The third kappa shape index (κ3) is 1.78. The highest BCUT2D eigenvalue weighted by Crippen LogP contribution is 2.65. The van der Waals surface area contributed by atoms with Crippen molar-refractivity contribution >= 4 is 5.78 Å². The number of carbonyl (C=O) groups excluding carboxylic acids is 1. The lowest BCUT2D eigenvalue weighted by atomic mass is 9.47. The molecule has 3 fully saturated rings. The summed E-state index contributed by atoms with van der Waals surface area (Å²) in [5.41, 5.74) is 2.03. The first-order valence-corrected chi connectivity index (χ1v) is 8.90. The van der Waals surface area contributed by atoms with Crippen LogP contribution in [0.2, 0.25) is 0 Å². The Morgan fingerprint density at radius 3 is 2.67 bits per heavy atom. The SMILES string of the molecule is CC12CCC(=O)C=C1CCC1C2CCC2(C)C([OH2+])CCC12. The van der Waals surface area contributed by atoms with Crippen LogP contribution in [0.4, 0.5) is 0 Å². The number of ketones is 1. The Labute approximate surface area is 128 Å². The summed E-state index contributed by atoms with van der Waals surface area (Å²) in [4.78, 5) is 11.8. The average Bonchev–Trinajstić information content (AvgIpc) is 2.76. The zero-order chi connectivity index (χ0) is 14.8. The van der Waals surface area contributed by atoms with Crippen molar-refractivity contribution in [1.29, 1.82) is 0 Å². The van der Waals surface area contributed by atoms with Gasteiger partial charge in [-0.1, -0.05) is 19.4 Å². The second kappa shape index (κ2) is 4.44. The van der Waals surface area contributed by atoms with Crippen molar-refractivity contribution in [3.05, 3.63) is 11.6 Å². The van der Waals surface area contributed by atoms with Crippen LogP contribution < -0.4 is 0 Å². The number of carbonyl (C=O) groups is 1. The number of hydrogen-bond donors (Lipinski definition) is 0. The summed E-state index contributed by atoms with van der Waals surface area (Å²) >= 11 is 0. The molecule has 6 atom stereocenters. The Bertz CT molecular complexity index is 508. The van der Waals surface area contributed by atoms with Crippen molar-refractivity contribution in [2.24, 2.45) is 28.6 Å². The van der Waals surface area contributed by atoms with Gasteiger partial charge in [0.2, 0.25) is 0 Å². The van der Waals surface area contributed by atoms with Crippen molar-refractivity contribution in [3.63, 3.8) is 0 Å². The van der Waals surface area contributed by atoms with Gasteiger partial charge in [0.05, 0.1) is 0 Å². The van der Waals surface area contributed by atoms with Crippen LogP contribution in [0.1, 0.15) is 65.2 Å². The van der Waals surface area contributed by atoms with Crippen molar-refractivity contribution in [1.82, 2.24) is 0 Å². The molecule has 0 amide bonds. The van der Waals surface area contributed by atoms with E-state index in [1.54, 1.807) is 0 Å². The fourth-order valence-electron chi connectivity index (χ4n) is 6.56. The third-order valence-electron chi connectivity index (χ3n) is 7.96. The lowest BCUT2D eigenvalue weighted by Crippen LogP contribution is -2.51. The Morgan fingerprint density at radius 2 is 1.86 bits per heavy atom. The first-order valence-electron chi connectivity index (χ1n) is 8.90. The molecule has 0 spiro atoms. The first kappa shape index (κ1) is 14.0. The second-order valence-electron chi connectivity index (χ2n) is 8.64. The molecule has 3 saturated carbocycles. The summed E-state index contributed by atoms with van der Waals surface area (Å²) in [7, 11) is 0. The molecule has 116 valence electrons. The summed E-state index contributed by atoms with van der Waals surface area (Å²) in [6, 6.07) is 0. The molecule has 6 unspecified atom stereocenters. The van der Waals surface area contributed by atoms with Crippen molar-refractivity contribution in [2.75, 3.05) is 0 Å². The molecule has 2 nitrogen and oxygen atoms in total. The van der Waals surface area contributed by atoms with Crippen molar-refractivity contribution in [3.8, 4) is 0 Å². The molecule has 4 aliphatic carbocycles. The molecule has 0 heterocycles. The normalized spacial score (nSPS) is 52.7. The van der Waals surface area contributed by atoms with Gasteiger partial charge in [-0.05, 0) is 67.8 Å². The Kier molecular flexibility index (Phi) is 2.96. The molecule has 2 heteroatoms. The zero-order valence-electron chi connectivity index (χ0n) is 13.5. The molecular formula is C19H29O2+. The van der Waals surface area contributed by atoms with Crippen LogP contribution in [-0.4, -0.2) is 17.0 Å². The maximum Gasteiger partial charge on any atom is 0.159 e. The third-order valence-corrected chi connectivity index (χ3v) is 7.96. The van der Waals surface area contributed by atoms with Gasteiger partial charge in [0.25, 0.3) is 0 Å². The van der Waals surface area contributed by atoms with Crippen LogP contribution >= 0.6 is 0 Å². The van der Waals surface area contributed by atoms with Gasteiger partial charge in [0.1, 0.15) is 0 Å². The topological polar surface area (TPSA) is 40.0 Å². The van der Waals surface area contributed by atoms with E-state index in [0.717, 1.165) is 43.4 Å². The van der Waals surface area contributed by atoms with Crippen LogP contribution in [0.5, 0.6) is 0 Å². The molecule has 21 heavy (non-hydrogen) atoms. The lowest BCUT2D eigenvalue weighted by molar-refractivity contribution is -0.118. The molecule has 0 saturated heterocycles. The van der Waals surface area contributed by atoms with Crippen LogP contribution in [0, 0.1) is 28.6 Å². The summed E-state index contributed by atoms with van der Waals surface area (Å²) in [5.74, 6) is 2.71. The van der Waals surface area contributed by atoms with Gasteiger partial charge in [-0.25, -0.2) is 0 Å². The van der Waals surface area contributed by atoms with E-state index in [1.165, 1.54) is 31.3 Å². The number of rotatable bonds is 0. The Hall–Kier alpha value is -0.630. The fraction of sp³-hybridized carbons (Fsp3) is 0.842. The van der Waals surface area contributed by atoms with Crippen LogP contribution in [-0.2, 0) is 4.79 Å². The smallest absolute Gasteiger partial charge is 0.159 e. The van der Waals surface area contributed by atoms with E-state index in [9.17, 15) is 4.79 Å². The van der Waals surface area contributed by atoms with Crippen LogP contribution in [0.15, 0.2) is 11.6 Å². The molecule has 2 N–H and O–H groups in total. The monoisotopic (exact) mass is 289 g/mol. The Morgan fingerprint density at radius 1 is 1.05 bits per heavy atom. The van der Waals surface area contributed by atoms with E-state index in [4.69, 9.17) is 5.11 Å². The van der Waals surface area contributed by atoms with Crippen LogP contribution in [0.3, 0.4) is 0 Å². The molecule has 0 aliphatic heterocycles. The highest BCUT2D eigenvalue weighted by Gasteiger charge is 2.60. The quantitative estimate of drug-likeness (QED) is 0.628. The van der Waals surface area contributed by atoms with Gasteiger partial charge < -0.3 is 5.11 Å². The average molecular weight is 289 g/mol. The van der Waals surface area contributed by atoms with Gasteiger partial charge in [0, 0.05) is 18.3 Å². The minimum atomic E-state index is 0.168. The Balaban J connectivity index is 1.69. The summed E-state index contributed by atoms with van der Waals surface area (Å²) in [6.07, 6.45) is 11.3. The number of fused-ring (bicyclic) bond motifs is 5. The zero-order valence-corrected chi connectivity index (χ0v) is 13.5. The summed E-state index contributed by atoms with van der Waals surface area (Å²) in [5, 5.41) is 8.46. The van der Waals surface area contributed by atoms with Crippen molar-refractivity contribution < 1.29 is 9.90 Å². The molecule has 4 rings (SSSR count). The number of allylic oxidation sites excluding steroid dienone is 1. The van der Waals surface area contributed by atoms with Gasteiger partial charge in [-0.15, -0.1) is 0 Å². The predicted octanol–water partition coefficient (Wildman–Crippen LogP) is 3.61. The first-order chi connectivity index (χ1) is 9.95. The molecule has 0 bridgehead atoms. The minimum Gasteiger partial charge on any atom is -0.443 e. The largest absolute Gasteiger partial charge is 0.443 e. The maximum atomic E-state index is 11.8. The van der Waals surface area contributed by atoms with E-state index in [0.29, 0.717) is 5.78 Å². The predicted molar refractivity (Wildman–Crippen MR) is 84.1 cm³/mol. The second-order valence-corrected chi connectivity index (χ2v) is 8.64. The molecule has 0 aromatic heterocycles. The summed E-state index contributed by atoms with van der Waals surface area (Å²) < 4.78 is 0.